The zero-order chi connectivity index (χ0) is 9.56. The number of hydrogen-bond acceptors (Lipinski definition) is 4. The van der Waals surface area contributed by atoms with Crippen LogP contribution in [0.1, 0.15) is 6.42 Å². The third-order valence-corrected chi connectivity index (χ3v) is 1.29. The SMILES string of the molecule is NC(=O)C(N)CCNC(=O)CO. The van der Waals surface area contributed by atoms with Crippen LogP contribution in [0.25, 0.3) is 0 Å². The second kappa shape index (κ2) is 5.50. The molecule has 0 aliphatic carbocycles. The molecule has 0 spiro atoms. The van der Waals surface area contributed by atoms with Gasteiger partial charge in [-0.15, -0.1) is 0 Å². The molecule has 0 bridgehead atoms. The third kappa shape index (κ3) is 4.64. The maximum absolute atomic E-state index is 10.4. The van der Waals surface area contributed by atoms with Gasteiger partial charge in [0.15, 0.2) is 0 Å². The summed E-state index contributed by atoms with van der Waals surface area (Å²) in [6, 6.07) is -0.746. The number of amides is 2. The summed E-state index contributed by atoms with van der Waals surface area (Å²) in [5.74, 6) is -1.10. The summed E-state index contributed by atoms with van der Waals surface area (Å²) in [5, 5.41) is 10.6. The fraction of sp³-hybridized carbons (Fsp3) is 0.667. The van der Waals surface area contributed by atoms with Crippen LogP contribution in [0, 0.1) is 0 Å². The van der Waals surface area contributed by atoms with Gasteiger partial charge in [-0.05, 0) is 6.42 Å². The van der Waals surface area contributed by atoms with Crippen LogP contribution < -0.4 is 16.8 Å². The Morgan fingerprint density at radius 2 is 2.08 bits per heavy atom. The molecule has 0 fully saturated rings. The molecule has 0 rings (SSSR count). The third-order valence-electron chi connectivity index (χ3n) is 1.29. The molecule has 0 saturated heterocycles. The van der Waals surface area contributed by atoms with Crippen LogP contribution in [0.5, 0.6) is 0 Å². The molecule has 12 heavy (non-hydrogen) atoms. The first-order chi connectivity index (χ1) is 5.57. The van der Waals surface area contributed by atoms with Crippen molar-refractivity contribution >= 4 is 11.8 Å². The molecule has 6 nitrogen and oxygen atoms in total. The van der Waals surface area contributed by atoms with E-state index in [1.165, 1.54) is 0 Å². The van der Waals surface area contributed by atoms with Gasteiger partial charge in [0.25, 0.3) is 0 Å². The summed E-state index contributed by atoms with van der Waals surface area (Å²) in [6.45, 7) is -0.324. The van der Waals surface area contributed by atoms with Gasteiger partial charge in [-0.3, -0.25) is 9.59 Å². The number of hydrogen-bond donors (Lipinski definition) is 4. The summed E-state index contributed by atoms with van der Waals surface area (Å²) in [5.41, 5.74) is 10.1. The van der Waals surface area contributed by atoms with Gasteiger partial charge in [0.05, 0.1) is 6.04 Å². The fourth-order valence-corrected chi connectivity index (χ4v) is 0.565. The number of nitrogens with one attached hydrogen (secondary N) is 1. The molecule has 6 N–H and O–H groups in total. The Kier molecular flexibility index (Phi) is 4.98. The molecular weight excluding hydrogens is 162 g/mol. The van der Waals surface area contributed by atoms with Gasteiger partial charge in [-0.2, -0.15) is 0 Å². The highest BCUT2D eigenvalue weighted by atomic mass is 16.3. The van der Waals surface area contributed by atoms with E-state index >= 15 is 0 Å². The van der Waals surface area contributed by atoms with Crippen LogP contribution in [0.4, 0.5) is 0 Å². The molecule has 0 aliphatic rings. The van der Waals surface area contributed by atoms with E-state index in [1.54, 1.807) is 0 Å². The van der Waals surface area contributed by atoms with Crippen LogP contribution in [0.2, 0.25) is 0 Å². The van der Waals surface area contributed by atoms with E-state index in [9.17, 15) is 9.59 Å². The molecule has 0 aromatic rings. The molecule has 1 atom stereocenters. The quantitative estimate of drug-likeness (QED) is 0.363. The fourth-order valence-electron chi connectivity index (χ4n) is 0.565. The minimum absolute atomic E-state index is 0.240. The molecule has 0 saturated carbocycles. The number of rotatable bonds is 5. The molecule has 0 aromatic heterocycles. The molecule has 0 radical (unpaired) electrons. The Bertz CT molecular complexity index is 171. The summed E-state index contributed by atoms with van der Waals surface area (Å²) in [6.07, 6.45) is 0.279. The van der Waals surface area contributed by atoms with Crippen LogP contribution >= 0.6 is 0 Å². The average molecular weight is 175 g/mol. The van der Waals surface area contributed by atoms with E-state index in [0.717, 1.165) is 0 Å². The lowest BCUT2D eigenvalue weighted by Crippen LogP contribution is -2.40. The van der Waals surface area contributed by atoms with Crippen LogP contribution in [-0.4, -0.2) is 36.1 Å². The Balaban J connectivity index is 3.43. The summed E-state index contributed by atoms with van der Waals surface area (Å²) in [4.78, 5) is 20.8. The van der Waals surface area contributed by atoms with E-state index in [0.29, 0.717) is 0 Å². The molecule has 70 valence electrons. The maximum Gasteiger partial charge on any atom is 0.245 e. The van der Waals surface area contributed by atoms with Gasteiger partial charge in [-0.25, -0.2) is 0 Å². The van der Waals surface area contributed by atoms with E-state index in [1.807, 2.05) is 0 Å². The minimum atomic E-state index is -0.746. The lowest BCUT2D eigenvalue weighted by molar-refractivity contribution is -0.124. The molecule has 0 heterocycles. The Morgan fingerprint density at radius 3 is 2.50 bits per heavy atom. The highest BCUT2D eigenvalue weighted by Gasteiger charge is 2.08. The predicted molar refractivity (Wildman–Crippen MR) is 41.9 cm³/mol. The van der Waals surface area contributed by atoms with Crippen molar-refractivity contribution in [1.82, 2.24) is 5.32 Å². The summed E-state index contributed by atoms with van der Waals surface area (Å²) >= 11 is 0. The topological polar surface area (TPSA) is 118 Å². The second-order valence-electron chi connectivity index (χ2n) is 2.31. The Morgan fingerprint density at radius 1 is 1.50 bits per heavy atom. The number of carbonyl (C=O) groups is 2. The van der Waals surface area contributed by atoms with E-state index in [4.69, 9.17) is 16.6 Å². The highest BCUT2D eigenvalue weighted by Crippen LogP contribution is 1.83. The van der Waals surface area contributed by atoms with Crippen molar-refractivity contribution < 1.29 is 14.7 Å². The van der Waals surface area contributed by atoms with Crippen LogP contribution in [0.15, 0.2) is 0 Å². The number of aliphatic hydroxyl groups is 1. The van der Waals surface area contributed by atoms with Crippen molar-refractivity contribution in [2.45, 2.75) is 12.5 Å². The monoisotopic (exact) mass is 175 g/mol. The standard InChI is InChI=1S/C6H13N3O3/c7-4(6(8)12)1-2-9-5(11)3-10/h4,10H,1-3,7H2,(H2,8,12)(H,9,11). The van der Waals surface area contributed by atoms with Gasteiger partial charge < -0.3 is 21.9 Å². The van der Waals surface area contributed by atoms with Crippen LogP contribution in [0.3, 0.4) is 0 Å². The maximum atomic E-state index is 10.4. The number of carbonyl (C=O) groups excluding carboxylic acids is 2. The van der Waals surface area contributed by atoms with Gasteiger partial charge >= 0.3 is 0 Å². The molecule has 0 aromatic carbocycles. The van der Waals surface area contributed by atoms with Crippen molar-refractivity contribution in [1.29, 1.82) is 0 Å². The number of nitrogens with two attached hydrogens (primary N) is 2. The normalized spacial score (nSPS) is 12.2. The lowest BCUT2D eigenvalue weighted by atomic mass is 10.2. The van der Waals surface area contributed by atoms with Crippen LogP contribution in [-0.2, 0) is 9.59 Å². The summed E-state index contributed by atoms with van der Waals surface area (Å²) in [7, 11) is 0. The molecule has 6 heteroatoms. The molecule has 2 amide bonds. The Hall–Kier alpha value is -1.14. The highest BCUT2D eigenvalue weighted by molar-refractivity contribution is 5.80. The molecule has 0 aliphatic heterocycles. The van der Waals surface area contributed by atoms with Crippen molar-refractivity contribution in [3.8, 4) is 0 Å². The van der Waals surface area contributed by atoms with Crippen molar-refractivity contribution in [2.24, 2.45) is 11.5 Å². The Labute approximate surface area is 69.9 Å². The van der Waals surface area contributed by atoms with Crippen molar-refractivity contribution in [3.05, 3.63) is 0 Å². The molecular formula is C6H13N3O3. The van der Waals surface area contributed by atoms with Gasteiger partial charge in [0, 0.05) is 6.54 Å². The summed E-state index contributed by atoms with van der Waals surface area (Å²) < 4.78 is 0. The largest absolute Gasteiger partial charge is 0.387 e. The number of primary amides is 1. The van der Waals surface area contributed by atoms with Gasteiger partial charge in [0.2, 0.25) is 11.8 Å². The predicted octanol–water partition coefficient (Wildman–Crippen LogP) is -2.70. The zero-order valence-corrected chi connectivity index (χ0v) is 6.62. The lowest BCUT2D eigenvalue weighted by Gasteiger charge is -2.07. The van der Waals surface area contributed by atoms with Crippen molar-refractivity contribution in [2.75, 3.05) is 13.2 Å². The van der Waals surface area contributed by atoms with Gasteiger partial charge in [-0.1, -0.05) is 0 Å². The first-order valence-corrected chi connectivity index (χ1v) is 3.50. The number of aliphatic hydroxyl groups excluding tert-OH is 1. The van der Waals surface area contributed by atoms with Crippen molar-refractivity contribution in [3.63, 3.8) is 0 Å². The second-order valence-corrected chi connectivity index (χ2v) is 2.31. The smallest absolute Gasteiger partial charge is 0.245 e. The van der Waals surface area contributed by atoms with Gasteiger partial charge in [0.1, 0.15) is 6.61 Å². The first kappa shape index (κ1) is 10.9. The zero-order valence-electron chi connectivity index (χ0n) is 6.62. The van der Waals surface area contributed by atoms with E-state index < -0.39 is 24.5 Å². The molecule has 1 unspecified atom stereocenters. The minimum Gasteiger partial charge on any atom is -0.387 e. The van der Waals surface area contributed by atoms with E-state index in [2.05, 4.69) is 5.32 Å². The first-order valence-electron chi connectivity index (χ1n) is 3.50. The van der Waals surface area contributed by atoms with E-state index in [-0.39, 0.29) is 13.0 Å². The average Bonchev–Trinajstić information content (AvgIpc) is 2.03.